The Morgan fingerprint density at radius 3 is 2.90 bits per heavy atom. The lowest BCUT2D eigenvalue weighted by atomic mass is 10.0. The first-order valence-electron chi connectivity index (χ1n) is 9.21. The molecule has 0 aromatic heterocycles. The van der Waals surface area contributed by atoms with Gasteiger partial charge in [0.05, 0.1) is 19.1 Å². The Balaban J connectivity index is 1.53. The number of methoxy groups -OCH3 is 1. The van der Waals surface area contributed by atoms with Crippen LogP contribution < -0.4 is 14.4 Å². The van der Waals surface area contributed by atoms with Crippen molar-refractivity contribution >= 4 is 23.3 Å². The molecule has 0 saturated carbocycles. The number of hydrogen-bond acceptors (Lipinski definition) is 5. The monoisotopic (exact) mass is 410 g/mol. The molecule has 0 bridgehead atoms. The number of nitriles is 1. The summed E-state index contributed by atoms with van der Waals surface area (Å²) in [5.74, 6) is 0.365. The fraction of sp³-hybridized carbons (Fsp3) is 0.273. The van der Waals surface area contributed by atoms with Crippen LogP contribution in [0.15, 0.2) is 47.7 Å². The van der Waals surface area contributed by atoms with Crippen molar-refractivity contribution in [3.63, 3.8) is 0 Å². The number of aliphatic carboxylic acids is 1. The summed E-state index contributed by atoms with van der Waals surface area (Å²) in [6.45, 7) is 1.05. The third kappa shape index (κ3) is 3.50. The Morgan fingerprint density at radius 1 is 1.34 bits per heavy atom. The molecule has 0 radical (unpaired) electrons. The Hall–Kier alpha value is -3.17. The number of halogens is 1. The van der Waals surface area contributed by atoms with E-state index in [2.05, 4.69) is 11.0 Å². The van der Waals surface area contributed by atoms with Gasteiger partial charge in [-0.25, -0.2) is 0 Å². The predicted octanol–water partition coefficient (Wildman–Crippen LogP) is 4.38. The second kappa shape index (κ2) is 7.69. The average molecular weight is 411 g/mol. The Kier molecular flexibility index (Phi) is 5.08. The normalized spacial score (nSPS) is 17.0. The summed E-state index contributed by atoms with van der Waals surface area (Å²) in [4.78, 5) is 13.2. The molecular formula is C22H19ClN2O4. The summed E-state index contributed by atoms with van der Waals surface area (Å²) < 4.78 is 11.1. The fourth-order valence-corrected chi connectivity index (χ4v) is 4.38. The zero-order chi connectivity index (χ0) is 20.5. The highest BCUT2D eigenvalue weighted by molar-refractivity contribution is 6.24. The number of carbonyl (C=O) groups is 1. The Morgan fingerprint density at radius 2 is 2.17 bits per heavy atom. The van der Waals surface area contributed by atoms with Gasteiger partial charge in [0.1, 0.15) is 29.6 Å². The van der Waals surface area contributed by atoms with Crippen LogP contribution in [-0.2, 0) is 11.4 Å². The summed E-state index contributed by atoms with van der Waals surface area (Å²) in [7, 11) is 1.53. The third-order valence-electron chi connectivity index (χ3n) is 5.25. The van der Waals surface area contributed by atoms with Crippen molar-refractivity contribution in [1.29, 1.82) is 5.26 Å². The highest BCUT2D eigenvalue weighted by Gasteiger charge is 2.38. The Labute approximate surface area is 173 Å². The van der Waals surface area contributed by atoms with E-state index < -0.39 is 5.97 Å². The predicted molar refractivity (Wildman–Crippen MR) is 108 cm³/mol. The first-order chi connectivity index (χ1) is 14.0. The number of alkyl halides is 1. The highest BCUT2D eigenvalue weighted by Crippen LogP contribution is 2.51. The van der Waals surface area contributed by atoms with Crippen molar-refractivity contribution in [1.82, 2.24) is 0 Å². The van der Waals surface area contributed by atoms with E-state index in [1.165, 1.54) is 7.11 Å². The van der Waals surface area contributed by atoms with Crippen molar-refractivity contribution < 1.29 is 19.4 Å². The van der Waals surface area contributed by atoms with E-state index in [1.807, 2.05) is 24.3 Å². The maximum absolute atomic E-state index is 11.1. The minimum absolute atomic E-state index is 0.0189. The van der Waals surface area contributed by atoms with Crippen molar-refractivity contribution in [3.05, 3.63) is 64.4 Å². The number of anilines is 1. The van der Waals surface area contributed by atoms with Crippen LogP contribution in [0.25, 0.3) is 0 Å². The van der Waals surface area contributed by atoms with Crippen LogP contribution in [0, 0.1) is 11.3 Å². The zero-order valence-electron chi connectivity index (χ0n) is 15.8. The van der Waals surface area contributed by atoms with Gasteiger partial charge in [-0.05, 0) is 47.9 Å². The van der Waals surface area contributed by atoms with E-state index in [0.29, 0.717) is 23.7 Å². The number of carboxylic acid groups (broad SMARTS) is 1. The lowest BCUT2D eigenvalue weighted by molar-refractivity contribution is -0.136. The van der Waals surface area contributed by atoms with Gasteiger partial charge < -0.3 is 19.5 Å². The summed E-state index contributed by atoms with van der Waals surface area (Å²) in [6, 6.07) is 13.2. The molecular weight excluding hydrogens is 392 g/mol. The van der Waals surface area contributed by atoms with Crippen LogP contribution >= 0.6 is 11.6 Å². The standard InChI is InChI=1S/C22H19ClN2O4/c1-28-19-5-2-13(8-15(19)11-24)12-29-16-3-4-18-17(10-16)21(23)22-14(9-20(26)27)6-7-25(18)22/h2-5,8,10,21H,6-7,9,12H2,1H3,(H,26,27). The van der Waals surface area contributed by atoms with Crippen LogP contribution in [0.5, 0.6) is 11.5 Å². The fourth-order valence-electron chi connectivity index (χ4n) is 3.93. The van der Waals surface area contributed by atoms with Crippen LogP contribution in [0.3, 0.4) is 0 Å². The quantitative estimate of drug-likeness (QED) is 0.711. The molecule has 6 nitrogen and oxygen atoms in total. The second-order valence-electron chi connectivity index (χ2n) is 6.98. The van der Waals surface area contributed by atoms with Crippen LogP contribution in [0.4, 0.5) is 5.69 Å². The van der Waals surface area contributed by atoms with E-state index in [9.17, 15) is 10.1 Å². The van der Waals surface area contributed by atoms with Gasteiger partial charge in [-0.3, -0.25) is 4.79 Å². The molecule has 0 spiro atoms. The van der Waals surface area contributed by atoms with E-state index >= 15 is 0 Å². The SMILES string of the molecule is COc1ccc(COc2ccc3c(c2)C(Cl)C2=C(CC(=O)O)CCN23)cc1C#N. The van der Waals surface area contributed by atoms with Crippen LogP contribution in [-0.4, -0.2) is 24.7 Å². The van der Waals surface area contributed by atoms with Gasteiger partial charge >= 0.3 is 5.97 Å². The highest BCUT2D eigenvalue weighted by atomic mass is 35.5. The van der Waals surface area contributed by atoms with Gasteiger partial charge in [0.15, 0.2) is 0 Å². The molecule has 4 rings (SSSR count). The first kappa shape index (κ1) is 19.2. The summed E-state index contributed by atoms with van der Waals surface area (Å²) in [5, 5.41) is 18.0. The molecule has 2 heterocycles. The lowest BCUT2D eigenvalue weighted by Crippen LogP contribution is -2.14. The average Bonchev–Trinajstić information content (AvgIpc) is 3.25. The number of carboxylic acids is 1. The molecule has 29 heavy (non-hydrogen) atoms. The number of fused-ring (bicyclic) bond motifs is 3. The molecule has 0 fully saturated rings. The zero-order valence-corrected chi connectivity index (χ0v) is 16.6. The third-order valence-corrected chi connectivity index (χ3v) is 5.69. The van der Waals surface area contributed by atoms with Crippen molar-refractivity contribution in [3.8, 4) is 17.6 Å². The van der Waals surface area contributed by atoms with Gasteiger partial charge in [-0.1, -0.05) is 6.07 Å². The molecule has 0 amide bonds. The molecule has 2 aliphatic rings. The number of hydrogen-bond donors (Lipinski definition) is 1. The largest absolute Gasteiger partial charge is 0.495 e. The number of nitrogens with zero attached hydrogens (tertiary/aromatic N) is 2. The molecule has 7 heteroatoms. The molecule has 2 aromatic carbocycles. The Bertz CT molecular complexity index is 1060. The summed E-state index contributed by atoms with van der Waals surface area (Å²) in [6.07, 6.45) is 0.742. The maximum atomic E-state index is 11.1. The van der Waals surface area contributed by atoms with E-state index in [4.69, 9.17) is 26.2 Å². The molecule has 0 aliphatic carbocycles. The second-order valence-corrected chi connectivity index (χ2v) is 7.42. The van der Waals surface area contributed by atoms with Crippen LogP contribution in [0.2, 0.25) is 0 Å². The van der Waals surface area contributed by atoms with E-state index in [0.717, 1.165) is 41.1 Å². The smallest absolute Gasteiger partial charge is 0.307 e. The molecule has 2 aromatic rings. The van der Waals surface area contributed by atoms with Crippen LogP contribution in [0.1, 0.15) is 34.9 Å². The molecule has 0 saturated heterocycles. The van der Waals surface area contributed by atoms with E-state index in [1.54, 1.807) is 12.1 Å². The van der Waals surface area contributed by atoms with Gasteiger partial charge in [0, 0.05) is 23.5 Å². The van der Waals surface area contributed by atoms with Crippen molar-refractivity contribution in [2.45, 2.75) is 24.8 Å². The van der Waals surface area contributed by atoms with Gasteiger partial charge in [0.2, 0.25) is 0 Å². The van der Waals surface area contributed by atoms with Gasteiger partial charge in [0.25, 0.3) is 0 Å². The summed E-state index contributed by atoms with van der Waals surface area (Å²) >= 11 is 6.69. The minimum Gasteiger partial charge on any atom is -0.495 e. The number of rotatable bonds is 6. The molecule has 1 N–H and O–H groups in total. The van der Waals surface area contributed by atoms with Gasteiger partial charge in [-0.2, -0.15) is 5.26 Å². The molecule has 2 aliphatic heterocycles. The number of benzene rings is 2. The molecule has 1 unspecified atom stereocenters. The number of allylic oxidation sites excluding steroid dienone is 1. The molecule has 1 atom stereocenters. The van der Waals surface area contributed by atoms with E-state index in [-0.39, 0.29) is 11.8 Å². The number of ether oxygens (including phenoxy) is 2. The molecule has 148 valence electrons. The minimum atomic E-state index is -0.838. The van der Waals surface area contributed by atoms with Gasteiger partial charge in [-0.15, -0.1) is 11.6 Å². The summed E-state index contributed by atoms with van der Waals surface area (Å²) in [5.41, 5.74) is 5.03. The van der Waals surface area contributed by atoms with Crippen molar-refractivity contribution in [2.75, 3.05) is 18.6 Å². The lowest BCUT2D eigenvalue weighted by Gasteiger charge is -2.15. The maximum Gasteiger partial charge on any atom is 0.307 e. The van der Waals surface area contributed by atoms with Crippen molar-refractivity contribution in [2.24, 2.45) is 0 Å². The first-order valence-corrected chi connectivity index (χ1v) is 9.64. The topological polar surface area (TPSA) is 82.8 Å².